The third-order valence-electron chi connectivity index (χ3n) is 3.27. The Balaban J connectivity index is 2.52. The van der Waals surface area contributed by atoms with E-state index in [1.807, 2.05) is 18.2 Å². The van der Waals surface area contributed by atoms with E-state index >= 15 is 0 Å². The summed E-state index contributed by atoms with van der Waals surface area (Å²) in [5, 5.41) is 11.0. The van der Waals surface area contributed by atoms with Gasteiger partial charge in [-0.3, -0.25) is 4.98 Å². The number of pyridine rings is 1. The Kier molecular flexibility index (Phi) is 5.73. The number of carboxylic acid groups (broad SMARTS) is 1. The predicted molar refractivity (Wildman–Crippen MR) is 87.0 cm³/mol. The van der Waals surface area contributed by atoms with Crippen LogP contribution in [0.3, 0.4) is 0 Å². The standard InChI is InChI=1S/C17H18N2O5/c1-3-24-16(20)14-10-18-11(9-19-17(21)22)8-13(14)12-6-4-5-7-15(12)23-2/h4-8,10,19H,3,9H2,1-2H3,(H,21,22). The van der Waals surface area contributed by atoms with Crippen LogP contribution < -0.4 is 10.1 Å². The third kappa shape index (κ3) is 4.01. The second-order valence-corrected chi connectivity index (χ2v) is 4.80. The average molecular weight is 330 g/mol. The van der Waals surface area contributed by atoms with Crippen molar-refractivity contribution in [3.8, 4) is 16.9 Å². The third-order valence-corrected chi connectivity index (χ3v) is 3.27. The molecule has 1 amide bonds. The van der Waals surface area contributed by atoms with E-state index in [1.165, 1.54) is 13.3 Å². The van der Waals surface area contributed by atoms with Crippen molar-refractivity contribution in [3.05, 3.63) is 47.8 Å². The molecule has 126 valence electrons. The van der Waals surface area contributed by atoms with Crippen molar-refractivity contribution in [2.24, 2.45) is 0 Å². The molecule has 0 atom stereocenters. The number of carbonyl (C=O) groups is 2. The van der Waals surface area contributed by atoms with Gasteiger partial charge in [-0.1, -0.05) is 18.2 Å². The Bertz CT molecular complexity index is 746. The highest BCUT2D eigenvalue weighted by molar-refractivity contribution is 5.98. The van der Waals surface area contributed by atoms with Crippen LogP contribution in [0, 0.1) is 0 Å². The van der Waals surface area contributed by atoms with Crippen LogP contribution >= 0.6 is 0 Å². The number of benzene rings is 1. The first kappa shape index (κ1) is 17.3. The van der Waals surface area contributed by atoms with E-state index in [2.05, 4.69) is 10.3 Å². The van der Waals surface area contributed by atoms with Crippen molar-refractivity contribution in [2.45, 2.75) is 13.5 Å². The fourth-order valence-electron chi connectivity index (χ4n) is 2.22. The molecule has 0 aliphatic carbocycles. The zero-order valence-electron chi connectivity index (χ0n) is 13.4. The number of esters is 1. The highest BCUT2D eigenvalue weighted by Gasteiger charge is 2.18. The Morgan fingerprint density at radius 3 is 2.67 bits per heavy atom. The number of methoxy groups -OCH3 is 1. The monoisotopic (exact) mass is 330 g/mol. The van der Waals surface area contributed by atoms with E-state index in [0.717, 1.165) is 0 Å². The van der Waals surface area contributed by atoms with Crippen LogP contribution in [0.2, 0.25) is 0 Å². The molecule has 0 aliphatic rings. The van der Waals surface area contributed by atoms with Gasteiger partial charge in [0.25, 0.3) is 0 Å². The van der Waals surface area contributed by atoms with Crippen molar-refractivity contribution in [3.63, 3.8) is 0 Å². The second kappa shape index (κ2) is 7.96. The smallest absolute Gasteiger partial charge is 0.404 e. The van der Waals surface area contributed by atoms with Gasteiger partial charge in [0.15, 0.2) is 0 Å². The van der Waals surface area contributed by atoms with E-state index in [4.69, 9.17) is 14.6 Å². The molecule has 1 aromatic carbocycles. The zero-order chi connectivity index (χ0) is 17.5. The van der Waals surface area contributed by atoms with Crippen molar-refractivity contribution in [1.82, 2.24) is 10.3 Å². The van der Waals surface area contributed by atoms with E-state index in [1.54, 1.807) is 19.1 Å². The fourth-order valence-corrected chi connectivity index (χ4v) is 2.22. The molecule has 0 saturated carbocycles. The molecule has 7 heteroatoms. The molecule has 0 fully saturated rings. The summed E-state index contributed by atoms with van der Waals surface area (Å²) in [5.74, 6) is 0.0926. The minimum Gasteiger partial charge on any atom is -0.496 e. The van der Waals surface area contributed by atoms with Gasteiger partial charge in [-0.15, -0.1) is 0 Å². The van der Waals surface area contributed by atoms with Crippen molar-refractivity contribution < 1.29 is 24.2 Å². The van der Waals surface area contributed by atoms with E-state index in [0.29, 0.717) is 28.1 Å². The molecule has 0 saturated heterocycles. The number of hydrogen-bond acceptors (Lipinski definition) is 5. The molecule has 0 bridgehead atoms. The van der Waals surface area contributed by atoms with Crippen molar-refractivity contribution >= 4 is 12.1 Å². The Morgan fingerprint density at radius 1 is 1.25 bits per heavy atom. The minimum absolute atomic E-state index is 0.0284. The van der Waals surface area contributed by atoms with Gasteiger partial charge in [0.1, 0.15) is 5.75 Å². The first-order valence-electron chi connectivity index (χ1n) is 7.33. The summed E-state index contributed by atoms with van der Waals surface area (Å²) in [6.45, 7) is 1.99. The lowest BCUT2D eigenvalue weighted by molar-refractivity contribution is 0.0526. The second-order valence-electron chi connectivity index (χ2n) is 4.80. The molecule has 0 radical (unpaired) electrons. The molecule has 0 aliphatic heterocycles. The summed E-state index contributed by atoms with van der Waals surface area (Å²) in [4.78, 5) is 27.0. The van der Waals surface area contributed by atoms with Crippen molar-refractivity contribution in [2.75, 3.05) is 13.7 Å². The van der Waals surface area contributed by atoms with E-state index in [9.17, 15) is 9.59 Å². The molecular weight excluding hydrogens is 312 g/mol. The van der Waals surface area contributed by atoms with E-state index in [-0.39, 0.29) is 13.2 Å². The molecule has 24 heavy (non-hydrogen) atoms. The largest absolute Gasteiger partial charge is 0.496 e. The van der Waals surface area contributed by atoms with Gasteiger partial charge in [-0.2, -0.15) is 0 Å². The van der Waals surface area contributed by atoms with E-state index < -0.39 is 12.1 Å². The average Bonchev–Trinajstić information content (AvgIpc) is 2.59. The zero-order valence-corrected chi connectivity index (χ0v) is 13.4. The molecule has 1 heterocycles. The molecule has 0 unspecified atom stereocenters. The maximum atomic E-state index is 12.2. The molecule has 2 rings (SSSR count). The number of ether oxygens (including phenoxy) is 2. The summed E-state index contributed by atoms with van der Waals surface area (Å²) in [7, 11) is 1.54. The van der Waals surface area contributed by atoms with Gasteiger partial charge >= 0.3 is 12.1 Å². The van der Waals surface area contributed by atoms with Crippen LogP contribution in [0.15, 0.2) is 36.5 Å². The molecule has 7 nitrogen and oxygen atoms in total. The summed E-state index contributed by atoms with van der Waals surface area (Å²) in [6, 6.07) is 8.88. The number of nitrogens with zero attached hydrogens (tertiary/aromatic N) is 1. The number of aromatic nitrogens is 1. The number of para-hydroxylation sites is 1. The van der Waals surface area contributed by atoms with Gasteiger partial charge in [-0.25, -0.2) is 9.59 Å². The molecule has 0 spiro atoms. The number of amides is 1. The van der Waals surface area contributed by atoms with Crippen molar-refractivity contribution in [1.29, 1.82) is 0 Å². The first-order chi connectivity index (χ1) is 11.6. The Morgan fingerprint density at radius 2 is 2.00 bits per heavy atom. The van der Waals surface area contributed by atoms with Crippen LogP contribution in [0.1, 0.15) is 23.0 Å². The van der Waals surface area contributed by atoms with Crippen LogP contribution in [-0.4, -0.2) is 35.9 Å². The van der Waals surface area contributed by atoms with Gasteiger partial charge in [0.05, 0.1) is 31.5 Å². The molecule has 1 aromatic heterocycles. The highest BCUT2D eigenvalue weighted by atomic mass is 16.5. The number of nitrogens with one attached hydrogen (secondary N) is 1. The minimum atomic E-state index is -1.15. The van der Waals surface area contributed by atoms with Gasteiger partial charge in [0.2, 0.25) is 0 Å². The Labute approximate surface area is 139 Å². The summed E-state index contributed by atoms with van der Waals surface area (Å²) >= 11 is 0. The molecule has 2 aromatic rings. The summed E-state index contributed by atoms with van der Waals surface area (Å²) in [5.41, 5.74) is 2.04. The number of hydrogen-bond donors (Lipinski definition) is 2. The maximum Gasteiger partial charge on any atom is 0.404 e. The number of rotatable bonds is 6. The van der Waals surface area contributed by atoms with Crippen LogP contribution in [0.25, 0.3) is 11.1 Å². The summed E-state index contributed by atoms with van der Waals surface area (Å²) < 4.78 is 10.4. The van der Waals surface area contributed by atoms with Gasteiger partial charge in [0, 0.05) is 17.3 Å². The predicted octanol–water partition coefficient (Wildman–Crippen LogP) is 2.70. The number of carbonyl (C=O) groups excluding carboxylic acids is 1. The van der Waals surface area contributed by atoms with Gasteiger partial charge < -0.3 is 19.9 Å². The summed E-state index contributed by atoms with van der Waals surface area (Å²) in [6.07, 6.45) is 0.239. The lowest BCUT2D eigenvalue weighted by Crippen LogP contribution is -2.21. The first-order valence-corrected chi connectivity index (χ1v) is 7.33. The SMILES string of the molecule is CCOC(=O)c1cnc(CNC(=O)O)cc1-c1ccccc1OC. The topological polar surface area (TPSA) is 97.8 Å². The Hall–Kier alpha value is -3.09. The van der Waals surface area contributed by atoms with Crippen LogP contribution in [0.5, 0.6) is 5.75 Å². The van der Waals surface area contributed by atoms with Crippen LogP contribution in [0.4, 0.5) is 4.79 Å². The fraction of sp³-hybridized carbons (Fsp3) is 0.235. The molecular formula is C17H18N2O5. The van der Waals surface area contributed by atoms with Crippen LogP contribution in [-0.2, 0) is 11.3 Å². The maximum absolute atomic E-state index is 12.2. The quantitative estimate of drug-likeness (QED) is 0.790. The normalized spacial score (nSPS) is 10.1. The van der Waals surface area contributed by atoms with Gasteiger partial charge in [-0.05, 0) is 19.1 Å². The molecule has 2 N–H and O–H groups in total. The highest BCUT2D eigenvalue weighted by Crippen LogP contribution is 2.32. The lowest BCUT2D eigenvalue weighted by Gasteiger charge is -2.13. The lowest BCUT2D eigenvalue weighted by atomic mass is 9.99.